The predicted molar refractivity (Wildman–Crippen MR) is 110 cm³/mol. The van der Waals surface area contributed by atoms with E-state index in [1.54, 1.807) is 14.0 Å². The summed E-state index contributed by atoms with van der Waals surface area (Å²) < 4.78 is 44.1. The lowest BCUT2D eigenvalue weighted by atomic mass is 10.1. The average Bonchev–Trinajstić information content (AvgIpc) is 3.11. The van der Waals surface area contributed by atoms with Crippen LogP contribution in [0.25, 0.3) is 0 Å². The number of aliphatic imine (C=N–C) groups is 1. The molecule has 1 aliphatic rings. The van der Waals surface area contributed by atoms with E-state index in [4.69, 9.17) is 4.74 Å². The smallest absolute Gasteiger partial charge is 0.401 e. The highest BCUT2D eigenvalue weighted by Gasteiger charge is 2.33. The number of aryl methyl sites for hydroxylation is 1. The number of alkyl halides is 3. The Morgan fingerprint density at radius 1 is 1.38 bits per heavy atom. The van der Waals surface area contributed by atoms with Crippen LogP contribution in [0.3, 0.4) is 0 Å². The van der Waals surface area contributed by atoms with Crippen molar-refractivity contribution in [3.8, 4) is 5.75 Å². The van der Waals surface area contributed by atoms with Gasteiger partial charge in [0, 0.05) is 26.7 Å². The molecular weight excluding hydrogens is 381 g/mol. The van der Waals surface area contributed by atoms with E-state index in [-0.39, 0.29) is 12.0 Å². The number of guanidine groups is 1. The van der Waals surface area contributed by atoms with Gasteiger partial charge in [-0.1, -0.05) is 25.1 Å². The molecule has 0 amide bonds. The molecule has 2 unspecified atom stereocenters. The van der Waals surface area contributed by atoms with Crippen LogP contribution in [0.5, 0.6) is 5.75 Å². The van der Waals surface area contributed by atoms with E-state index < -0.39 is 12.7 Å². The van der Waals surface area contributed by atoms with E-state index in [9.17, 15) is 13.2 Å². The van der Waals surface area contributed by atoms with Gasteiger partial charge in [0.1, 0.15) is 11.9 Å². The number of nitrogens with one attached hydrogen (secondary N) is 1. The Labute approximate surface area is 171 Å². The minimum absolute atomic E-state index is 0.0476. The van der Waals surface area contributed by atoms with Crippen LogP contribution in [0.4, 0.5) is 13.2 Å². The predicted octanol–water partition coefficient (Wildman–Crippen LogP) is 3.54. The lowest BCUT2D eigenvalue weighted by molar-refractivity contribution is -0.146. The van der Waals surface area contributed by atoms with Crippen LogP contribution in [-0.4, -0.2) is 74.4 Å². The van der Waals surface area contributed by atoms with Gasteiger partial charge < -0.3 is 15.0 Å². The molecule has 0 spiro atoms. The van der Waals surface area contributed by atoms with Crippen LogP contribution in [-0.2, 0) is 0 Å². The first-order valence-electron chi connectivity index (χ1n) is 10.2. The fourth-order valence-corrected chi connectivity index (χ4v) is 3.61. The minimum atomic E-state index is -4.15. The summed E-state index contributed by atoms with van der Waals surface area (Å²) in [6, 6.07) is 7.89. The second-order valence-electron chi connectivity index (χ2n) is 7.67. The molecule has 5 nitrogen and oxygen atoms in total. The topological polar surface area (TPSA) is 40.1 Å². The fraction of sp³-hybridized carbons (Fsp3) is 0.667. The first-order valence-corrected chi connectivity index (χ1v) is 10.2. The van der Waals surface area contributed by atoms with Crippen LogP contribution >= 0.6 is 0 Å². The van der Waals surface area contributed by atoms with E-state index in [1.165, 1.54) is 4.90 Å². The monoisotopic (exact) mass is 414 g/mol. The van der Waals surface area contributed by atoms with Crippen molar-refractivity contribution >= 4 is 5.96 Å². The highest BCUT2D eigenvalue weighted by molar-refractivity contribution is 5.80. The maximum Gasteiger partial charge on any atom is 0.401 e. The number of rotatable bonds is 8. The van der Waals surface area contributed by atoms with Gasteiger partial charge in [-0.3, -0.25) is 9.89 Å². The SMILES string of the molecule is CCN(CC1CCN(C(=NC)NCC(C)Oc2ccccc2C)C1)CC(F)(F)F. The van der Waals surface area contributed by atoms with E-state index >= 15 is 0 Å². The standard InChI is InChI=1S/C21H33F3N4O/c1-5-27(15-21(22,23)24)13-18-10-11-28(14-18)20(25-4)26-12-17(3)29-19-9-7-6-8-16(19)2/h6-9,17-18H,5,10-15H2,1-4H3,(H,25,26). The average molecular weight is 415 g/mol. The summed E-state index contributed by atoms with van der Waals surface area (Å²) in [6.45, 7) is 7.88. The quantitative estimate of drug-likeness (QED) is 0.522. The van der Waals surface area contributed by atoms with Crippen LogP contribution in [0.15, 0.2) is 29.3 Å². The highest BCUT2D eigenvalue weighted by Crippen LogP contribution is 2.21. The van der Waals surface area contributed by atoms with E-state index in [1.807, 2.05) is 38.1 Å². The molecule has 1 aromatic carbocycles. The van der Waals surface area contributed by atoms with Gasteiger partial charge in [-0.25, -0.2) is 0 Å². The van der Waals surface area contributed by atoms with Crippen molar-refractivity contribution in [1.29, 1.82) is 0 Å². The molecule has 29 heavy (non-hydrogen) atoms. The fourth-order valence-electron chi connectivity index (χ4n) is 3.61. The van der Waals surface area contributed by atoms with Crippen molar-refractivity contribution in [2.75, 3.05) is 46.3 Å². The van der Waals surface area contributed by atoms with E-state index in [0.717, 1.165) is 30.2 Å². The molecule has 0 radical (unpaired) electrons. The van der Waals surface area contributed by atoms with Crippen molar-refractivity contribution < 1.29 is 17.9 Å². The minimum Gasteiger partial charge on any atom is -0.489 e. The Hall–Kier alpha value is -1.96. The highest BCUT2D eigenvalue weighted by atomic mass is 19.4. The van der Waals surface area contributed by atoms with Crippen LogP contribution in [0.2, 0.25) is 0 Å². The van der Waals surface area contributed by atoms with Crippen molar-refractivity contribution in [3.05, 3.63) is 29.8 Å². The Morgan fingerprint density at radius 2 is 2.10 bits per heavy atom. The summed E-state index contributed by atoms with van der Waals surface area (Å²) in [5.41, 5.74) is 1.09. The van der Waals surface area contributed by atoms with Crippen molar-refractivity contribution in [1.82, 2.24) is 15.1 Å². The third-order valence-electron chi connectivity index (χ3n) is 5.13. The number of halogens is 3. The largest absolute Gasteiger partial charge is 0.489 e. The molecule has 8 heteroatoms. The maximum atomic E-state index is 12.7. The third kappa shape index (κ3) is 7.76. The van der Waals surface area contributed by atoms with Crippen LogP contribution < -0.4 is 10.1 Å². The van der Waals surface area contributed by atoms with Gasteiger partial charge in [0.2, 0.25) is 0 Å². The number of hydrogen-bond donors (Lipinski definition) is 1. The zero-order valence-electron chi connectivity index (χ0n) is 17.8. The van der Waals surface area contributed by atoms with Gasteiger partial charge in [-0.15, -0.1) is 0 Å². The lowest BCUT2D eigenvalue weighted by Gasteiger charge is -2.26. The number of ether oxygens (including phenoxy) is 1. The van der Waals surface area contributed by atoms with Gasteiger partial charge in [0.05, 0.1) is 13.1 Å². The molecular formula is C21H33F3N4O. The molecule has 2 rings (SSSR count). The molecule has 1 aliphatic heterocycles. The maximum absolute atomic E-state index is 12.7. The Balaban J connectivity index is 1.81. The number of para-hydroxylation sites is 1. The summed E-state index contributed by atoms with van der Waals surface area (Å²) in [7, 11) is 1.73. The normalized spacial score (nSPS) is 19.0. The molecule has 0 aromatic heterocycles. The number of hydrogen-bond acceptors (Lipinski definition) is 3. The molecule has 1 heterocycles. The summed E-state index contributed by atoms with van der Waals surface area (Å²) in [5.74, 6) is 1.84. The summed E-state index contributed by atoms with van der Waals surface area (Å²) in [4.78, 5) is 7.93. The number of likely N-dealkylation sites (tertiary alicyclic amines) is 1. The van der Waals surface area contributed by atoms with Crippen LogP contribution in [0.1, 0.15) is 25.8 Å². The van der Waals surface area contributed by atoms with Gasteiger partial charge in [0.15, 0.2) is 5.96 Å². The molecule has 1 aromatic rings. The zero-order valence-corrected chi connectivity index (χ0v) is 17.8. The Bertz CT molecular complexity index is 666. The number of benzene rings is 1. The van der Waals surface area contributed by atoms with Gasteiger partial charge in [-0.2, -0.15) is 13.2 Å². The van der Waals surface area contributed by atoms with E-state index in [2.05, 4.69) is 15.2 Å². The van der Waals surface area contributed by atoms with Gasteiger partial charge in [0.25, 0.3) is 0 Å². The summed E-state index contributed by atoms with van der Waals surface area (Å²) >= 11 is 0. The number of nitrogens with zero attached hydrogens (tertiary/aromatic N) is 3. The first kappa shape index (κ1) is 23.3. The summed E-state index contributed by atoms with van der Waals surface area (Å²) in [5, 5.41) is 3.33. The summed E-state index contributed by atoms with van der Waals surface area (Å²) in [6.07, 6.45) is -3.34. The Morgan fingerprint density at radius 3 is 2.72 bits per heavy atom. The van der Waals surface area contributed by atoms with Gasteiger partial charge >= 0.3 is 6.18 Å². The molecule has 0 saturated carbocycles. The van der Waals surface area contributed by atoms with E-state index in [0.29, 0.717) is 26.2 Å². The molecule has 1 fully saturated rings. The zero-order chi connectivity index (χ0) is 21.4. The molecule has 0 bridgehead atoms. The first-order chi connectivity index (χ1) is 13.7. The second kappa shape index (κ2) is 10.7. The Kier molecular flexibility index (Phi) is 8.61. The second-order valence-corrected chi connectivity index (χ2v) is 7.67. The van der Waals surface area contributed by atoms with Gasteiger partial charge in [-0.05, 0) is 44.4 Å². The molecule has 1 N–H and O–H groups in total. The van der Waals surface area contributed by atoms with Crippen molar-refractivity contribution in [2.24, 2.45) is 10.9 Å². The van der Waals surface area contributed by atoms with Crippen LogP contribution in [0, 0.1) is 12.8 Å². The molecule has 2 atom stereocenters. The molecule has 1 saturated heterocycles. The van der Waals surface area contributed by atoms with Crippen molar-refractivity contribution in [3.63, 3.8) is 0 Å². The molecule has 0 aliphatic carbocycles. The molecule has 164 valence electrons. The van der Waals surface area contributed by atoms with Crippen molar-refractivity contribution in [2.45, 2.75) is 39.5 Å². The third-order valence-corrected chi connectivity index (χ3v) is 5.13. The lowest BCUT2D eigenvalue weighted by Crippen LogP contribution is -2.44.